The predicted octanol–water partition coefficient (Wildman–Crippen LogP) is 0.775. The summed E-state index contributed by atoms with van der Waals surface area (Å²) < 4.78 is 0. The zero-order valence-electron chi connectivity index (χ0n) is 10.8. The minimum atomic E-state index is -0.160. The van der Waals surface area contributed by atoms with E-state index in [-0.39, 0.29) is 5.69 Å². The van der Waals surface area contributed by atoms with Crippen LogP contribution in [0.4, 0.5) is 0 Å². The van der Waals surface area contributed by atoms with Crippen LogP contribution in [0.25, 0.3) is 11.3 Å². The molecule has 0 aliphatic carbocycles. The summed E-state index contributed by atoms with van der Waals surface area (Å²) in [7, 11) is 0. The number of imidazole rings is 1. The van der Waals surface area contributed by atoms with Crippen molar-refractivity contribution in [2.45, 2.75) is 6.54 Å². The molecule has 0 atom stereocenters. The standard InChI is InChI=1S/C14H18N4O/c19-14-16-9-13(17-14)12-4-2-1-3-11(12)10-18-7-5-15-6-8-18/h1-4,9,15H,5-8,10H2,(H2,16,17,19). The molecule has 0 unspecified atom stereocenters. The van der Waals surface area contributed by atoms with Crippen molar-refractivity contribution in [3.8, 4) is 11.3 Å². The first kappa shape index (κ1) is 12.2. The molecule has 3 rings (SSSR count). The van der Waals surface area contributed by atoms with Gasteiger partial charge < -0.3 is 15.3 Å². The number of aromatic amines is 2. The summed E-state index contributed by atoms with van der Waals surface area (Å²) in [4.78, 5) is 19.2. The van der Waals surface area contributed by atoms with Crippen LogP contribution >= 0.6 is 0 Å². The maximum absolute atomic E-state index is 11.2. The number of piperazine rings is 1. The van der Waals surface area contributed by atoms with E-state index in [9.17, 15) is 4.79 Å². The van der Waals surface area contributed by atoms with Gasteiger partial charge in [0.05, 0.1) is 5.69 Å². The second-order valence-corrected chi connectivity index (χ2v) is 4.84. The van der Waals surface area contributed by atoms with E-state index in [1.807, 2.05) is 12.1 Å². The van der Waals surface area contributed by atoms with Gasteiger partial charge in [0, 0.05) is 44.5 Å². The Morgan fingerprint density at radius 1 is 1.16 bits per heavy atom. The van der Waals surface area contributed by atoms with Gasteiger partial charge in [0.15, 0.2) is 0 Å². The smallest absolute Gasteiger partial charge is 0.314 e. The molecule has 2 aromatic rings. The van der Waals surface area contributed by atoms with E-state index in [0.717, 1.165) is 44.0 Å². The maximum Gasteiger partial charge on any atom is 0.323 e. The number of nitrogens with one attached hydrogen (secondary N) is 3. The Morgan fingerprint density at radius 2 is 1.95 bits per heavy atom. The number of H-pyrrole nitrogens is 2. The van der Waals surface area contributed by atoms with Crippen LogP contribution in [0.5, 0.6) is 0 Å². The number of hydrogen-bond donors (Lipinski definition) is 3. The van der Waals surface area contributed by atoms with E-state index in [1.165, 1.54) is 5.56 Å². The third-order valence-corrected chi connectivity index (χ3v) is 3.51. The van der Waals surface area contributed by atoms with Gasteiger partial charge in [0.1, 0.15) is 0 Å². The third kappa shape index (κ3) is 2.77. The molecule has 19 heavy (non-hydrogen) atoms. The Balaban J connectivity index is 1.86. The van der Waals surface area contributed by atoms with Gasteiger partial charge >= 0.3 is 5.69 Å². The lowest BCUT2D eigenvalue weighted by Crippen LogP contribution is -2.42. The molecule has 2 heterocycles. The number of aromatic nitrogens is 2. The van der Waals surface area contributed by atoms with Crippen molar-refractivity contribution < 1.29 is 0 Å². The summed E-state index contributed by atoms with van der Waals surface area (Å²) in [5, 5.41) is 3.36. The highest BCUT2D eigenvalue weighted by Crippen LogP contribution is 2.21. The van der Waals surface area contributed by atoms with Crippen molar-refractivity contribution in [1.29, 1.82) is 0 Å². The van der Waals surface area contributed by atoms with Crippen LogP contribution in [0.15, 0.2) is 35.3 Å². The Bertz CT molecular complexity index is 595. The van der Waals surface area contributed by atoms with E-state index >= 15 is 0 Å². The van der Waals surface area contributed by atoms with E-state index in [0.29, 0.717) is 0 Å². The molecule has 0 amide bonds. The van der Waals surface area contributed by atoms with Gasteiger partial charge in [0.25, 0.3) is 0 Å². The normalized spacial score (nSPS) is 16.6. The summed E-state index contributed by atoms with van der Waals surface area (Å²) in [6.07, 6.45) is 1.74. The Labute approximate surface area is 111 Å². The van der Waals surface area contributed by atoms with Gasteiger partial charge in [-0.2, -0.15) is 0 Å². The van der Waals surface area contributed by atoms with Gasteiger partial charge in [-0.1, -0.05) is 24.3 Å². The van der Waals surface area contributed by atoms with Crippen LogP contribution in [-0.2, 0) is 6.54 Å². The van der Waals surface area contributed by atoms with Crippen molar-refractivity contribution in [2.24, 2.45) is 0 Å². The molecule has 1 aliphatic rings. The van der Waals surface area contributed by atoms with Crippen LogP contribution in [0.3, 0.4) is 0 Å². The van der Waals surface area contributed by atoms with E-state index < -0.39 is 0 Å². The molecule has 1 aromatic carbocycles. The lowest BCUT2D eigenvalue weighted by Gasteiger charge is -2.27. The average Bonchev–Trinajstić information content (AvgIpc) is 2.87. The molecular weight excluding hydrogens is 240 g/mol. The molecule has 1 aliphatic heterocycles. The van der Waals surface area contributed by atoms with Crippen molar-refractivity contribution in [2.75, 3.05) is 26.2 Å². The van der Waals surface area contributed by atoms with Gasteiger partial charge in [-0.15, -0.1) is 0 Å². The van der Waals surface area contributed by atoms with Gasteiger partial charge in [0.2, 0.25) is 0 Å². The molecule has 0 radical (unpaired) electrons. The van der Waals surface area contributed by atoms with Crippen molar-refractivity contribution in [3.05, 3.63) is 46.5 Å². The van der Waals surface area contributed by atoms with Gasteiger partial charge in [-0.25, -0.2) is 4.79 Å². The first-order chi connectivity index (χ1) is 9.33. The second-order valence-electron chi connectivity index (χ2n) is 4.84. The van der Waals surface area contributed by atoms with Crippen LogP contribution in [0, 0.1) is 0 Å². The first-order valence-electron chi connectivity index (χ1n) is 6.62. The van der Waals surface area contributed by atoms with Crippen molar-refractivity contribution in [1.82, 2.24) is 20.2 Å². The molecule has 5 heteroatoms. The molecule has 1 saturated heterocycles. The van der Waals surface area contributed by atoms with Crippen molar-refractivity contribution >= 4 is 0 Å². The minimum absolute atomic E-state index is 0.160. The Kier molecular flexibility index (Phi) is 3.48. The predicted molar refractivity (Wildman–Crippen MR) is 75.0 cm³/mol. The van der Waals surface area contributed by atoms with Gasteiger partial charge in [-0.05, 0) is 5.56 Å². The second kappa shape index (κ2) is 5.42. The zero-order chi connectivity index (χ0) is 13.1. The highest BCUT2D eigenvalue weighted by molar-refractivity contribution is 5.62. The molecule has 100 valence electrons. The van der Waals surface area contributed by atoms with Crippen molar-refractivity contribution in [3.63, 3.8) is 0 Å². The average molecular weight is 258 g/mol. The first-order valence-corrected chi connectivity index (χ1v) is 6.62. The van der Waals surface area contributed by atoms with Crippen LogP contribution in [-0.4, -0.2) is 41.0 Å². The fraction of sp³-hybridized carbons (Fsp3) is 0.357. The van der Waals surface area contributed by atoms with Crippen LogP contribution < -0.4 is 11.0 Å². The third-order valence-electron chi connectivity index (χ3n) is 3.51. The lowest BCUT2D eigenvalue weighted by molar-refractivity contribution is 0.233. The number of benzene rings is 1. The molecule has 3 N–H and O–H groups in total. The Morgan fingerprint density at radius 3 is 2.68 bits per heavy atom. The molecule has 0 bridgehead atoms. The SMILES string of the molecule is O=c1[nH]cc(-c2ccccc2CN2CCNCC2)[nH]1. The molecular formula is C14H18N4O. The quantitative estimate of drug-likeness (QED) is 0.762. The summed E-state index contributed by atoms with van der Waals surface area (Å²) in [6, 6.07) is 8.23. The highest BCUT2D eigenvalue weighted by atomic mass is 16.1. The molecule has 1 aromatic heterocycles. The molecule has 1 fully saturated rings. The minimum Gasteiger partial charge on any atom is -0.314 e. The fourth-order valence-electron chi connectivity index (χ4n) is 2.51. The largest absolute Gasteiger partial charge is 0.323 e. The van der Waals surface area contributed by atoms with Crippen LogP contribution in [0.1, 0.15) is 5.56 Å². The summed E-state index contributed by atoms with van der Waals surface area (Å²) in [6.45, 7) is 5.15. The number of rotatable bonds is 3. The number of nitrogens with zero attached hydrogens (tertiary/aromatic N) is 1. The lowest BCUT2D eigenvalue weighted by atomic mass is 10.0. The molecule has 5 nitrogen and oxygen atoms in total. The number of hydrogen-bond acceptors (Lipinski definition) is 3. The van der Waals surface area contributed by atoms with E-state index in [4.69, 9.17) is 0 Å². The zero-order valence-corrected chi connectivity index (χ0v) is 10.8. The maximum atomic E-state index is 11.2. The van der Waals surface area contributed by atoms with Crippen LogP contribution in [0.2, 0.25) is 0 Å². The van der Waals surface area contributed by atoms with Gasteiger partial charge in [-0.3, -0.25) is 4.90 Å². The summed E-state index contributed by atoms with van der Waals surface area (Å²) >= 11 is 0. The van der Waals surface area contributed by atoms with E-state index in [2.05, 4.69) is 32.3 Å². The summed E-state index contributed by atoms with van der Waals surface area (Å²) in [5.74, 6) is 0. The molecule has 0 saturated carbocycles. The Hall–Kier alpha value is -1.85. The fourth-order valence-corrected chi connectivity index (χ4v) is 2.51. The monoisotopic (exact) mass is 258 g/mol. The highest BCUT2D eigenvalue weighted by Gasteiger charge is 2.13. The van der Waals surface area contributed by atoms with E-state index in [1.54, 1.807) is 6.20 Å². The topological polar surface area (TPSA) is 63.9 Å². The summed E-state index contributed by atoms with van der Waals surface area (Å²) in [5.41, 5.74) is 3.04. The molecule has 0 spiro atoms.